The normalized spacial score (nSPS) is 13.9. The van der Waals surface area contributed by atoms with E-state index in [1.165, 1.54) is 0 Å². The summed E-state index contributed by atoms with van der Waals surface area (Å²) in [6, 6.07) is 0. The van der Waals surface area contributed by atoms with Crippen LogP contribution in [0.4, 0.5) is 0 Å². The minimum absolute atomic E-state index is 0.227. The average molecular weight is 325 g/mol. The molecule has 1 atom stereocenters. The van der Waals surface area contributed by atoms with Gasteiger partial charge in [0.15, 0.2) is 5.60 Å². The van der Waals surface area contributed by atoms with Gasteiger partial charge in [0.25, 0.3) is 0 Å². The summed E-state index contributed by atoms with van der Waals surface area (Å²) in [5.41, 5.74) is 1.06. The highest BCUT2D eigenvalue weighted by molar-refractivity contribution is 5.80. The van der Waals surface area contributed by atoms with Gasteiger partial charge in [0.2, 0.25) is 5.91 Å². The van der Waals surface area contributed by atoms with Gasteiger partial charge in [0.05, 0.1) is 12.2 Å². The molecule has 7 nitrogen and oxygen atoms in total. The molecule has 0 spiro atoms. The van der Waals surface area contributed by atoms with Gasteiger partial charge in [-0.2, -0.15) is 5.10 Å². The van der Waals surface area contributed by atoms with Gasteiger partial charge in [-0.1, -0.05) is 13.8 Å². The van der Waals surface area contributed by atoms with Gasteiger partial charge in [-0.3, -0.25) is 9.48 Å². The highest BCUT2D eigenvalue weighted by atomic mass is 16.4. The number of aryl methyl sites for hydroxylation is 1. The second-order valence-corrected chi connectivity index (χ2v) is 6.58. The third kappa shape index (κ3) is 5.35. The number of nitrogens with zero attached hydrogens (tertiary/aromatic N) is 2. The summed E-state index contributed by atoms with van der Waals surface area (Å²) in [6.45, 7) is 9.83. The third-order valence-corrected chi connectivity index (χ3v) is 3.76. The molecule has 0 aromatic carbocycles. The molecule has 0 saturated heterocycles. The molecule has 1 rings (SSSR count). The Morgan fingerprint density at radius 3 is 2.48 bits per heavy atom. The zero-order valence-corrected chi connectivity index (χ0v) is 14.5. The fourth-order valence-electron chi connectivity index (χ4n) is 2.29. The number of aromatic nitrogens is 2. The second kappa shape index (κ2) is 7.59. The van der Waals surface area contributed by atoms with E-state index in [-0.39, 0.29) is 18.9 Å². The SMILES string of the molecule is Cc1nn(CC(C)C)c(C)c1CCC(=O)NCC(C)(O)C(=O)O. The number of aliphatic hydroxyl groups is 1. The molecule has 7 heteroatoms. The molecule has 130 valence electrons. The lowest BCUT2D eigenvalue weighted by Crippen LogP contribution is -2.46. The van der Waals surface area contributed by atoms with Crippen LogP contribution in [0.5, 0.6) is 0 Å². The Morgan fingerprint density at radius 2 is 1.96 bits per heavy atom. The third-order valence-electron chi connectivity index (χ3n) is 3.76. The van der Waals surface area contributed by atoms with Gasteiger partial charge in [-0.15, -0.1) is 0 Å². The maximum atomic E-state index is 11.9. The first kappa shape index (κ1) is 19.2. The van der Waals surface area contributed by atoms with E-state index in [1.54, 1.807) is 0 Å². The Morgan fingerprint density at radius 1 is 1.35 bits per heavy atom. The number of hydrogen-bond donors (Lipinski definition) is 3. The van der Waals surface area contributed by atoms with Crippen molar-refractivity contribution in [2.45, 2.75) is 59.6 Å². The number of amides is 1. The van der Waals surface area contributed by atoms with Crippen molar-refractivity contribution in [2.24, 2.45) is 5.92 Å². The Balaban J connectivity index is 2.60. The van der Waals surface area contributed by atoms with Crippen LogP contribution in [-0.4, -0.2) is 44.0 Å². The van der Waals surface area contributed by atoms with Gasteiger partial charge in [0.1, 0.15) is 0 Å². The number of carboxylic acids is 1. The second-order valence-electron chi connectivity index (χ2n) is 6.58. The molecule has 0 saturated carbocycles. The van der Waals surface area contributed by atoms with Crippen molar-refractivity contribution < 1.29 is 19.8 Å². The molecule has 0 aliphatic carbocycles. The van der Waals surface area contributed by atoms with Crippen LogP contribution in [0, 0.1) is 19.8 Å². The van der Waals surface area contributed by atoms with Crippen molar-refractivity contribution in [3.8, 4) is 0 Å². The number of aliphatic carboxylic acids is 1. The van der Waals surface area contributed by atoms with E-state index >= 15 is 0 Å². The number of hydrogen-bond acceptors (Lipinski definition) is 4. The highest BCUT2D eigenvalue weighted by Crippen LogP contribution is 2.16. The molecule has 0 radical (unpaired) electrons. The molecule has 0 aliphatic rings. The van der Waals surface area contributed by atoms with Crippen molar-refractivity contribution in [1.82, 2.24) is 15.1 Å². The molecule has 0 fully saturated rings. The minimum atomic E-state index is -1.95. The fraction of sp³-hybridized carbons (Fsp3) is 0.688. The van der Waals surface area contributed by atoms with E-state index in [1.807, 2.05) is 18.5 Å². The Labute approximate surface area is 136 Å². The smallest absolute Gasteiger partial charge is 0.337 e. The minimum Gasteiger partial charge on any atom is -0.479 e. The van der Waals surface area contributed by atoms with Gasteiger partial charge in [0, 0.05) is 18.7 Å². The number of carbonyl (C=O) groups excluding carboxylic acids is 1. The molecule has 1 amide bonds. The average Bonchev–Trinajstić information content (AvgIpc) is 2.68. The molecule has 3 N–H and O–H groups in total. The molecule has 1 aromatic heterocycles. The van der Waals surface area contributed by atoms with E-state index in [4.69, 9.17) is 5.11 Å². The van der Waals surface area contributed by atoms with E-state index in [2.05, 4.69) is 24.3 Å². The van der Waals surface area contributed by atoms with Crippen molar-refractivity contribution in [3.63, 3.8) is 0 Å². The maximum Gasteiger partial charge on any atom is 0.337 e. The first-order valence-corrected chi connectivity index (χ1v) is 7.80. The lowest BCUT2D eigenvalue weighted by atomic mass is 10.1. The van der Waals surface area contributed by atoms with Crippen LogP contribution in [0.3, 0.4) is 0 Å². The van der Waals surface area contributed by atoms with Crippen LogP contribution in [0.2, 0.25) is 0 Å². The van der Waals surface area contributed by atoms with Crippen LogP contribution in [0.1, 0.15) is 44.1 Å². The van der Waals surface area contributed by atoms with Gasteiger partial charge in [-0.05, 0) is 38.7 Å². The number of carbonyl (C=O) groups is 2. The van der Waals surface area contributed by atoms with Crippen molar-refractivity contribution >= 4 is 11.9 Å². The molecule has 23 heavy (non-hydrogen) atoms. The fourth-order valence-corrected chi connectivity index (χ4v) is 2.29. The van der Waals surface area contributed by atoms with Gasteiger partial charge in [-0.25, -0.2) is 4.79 Å². The lowest BCUT2D eigenvalue weighted by molar-refractivity contribution is -0.156. The van der Waals surface area contributed by atoms with Crippen LogP contribution in [0.25, 0.3) is 0 Å². The van der Waals surface area contributed by atoms with Crippen LogP contribution in [0.15, 0.2) is 0 Å². The zero-order chi connectivity index (χ0) is 17.8. The monoisotopic (exact) mass is 325 g/mol. The van der Waals surface area contributed by atoms with E-state index in [0.717, 1.165) is 30.4 Å². The quantitative estimate of drug-likeness (QED) is 0.662. The summed E-state index contributed by atoms with van der Waals surface area (Å²) in [7, 11) is 0. The Bertz CT molecular complexity index is 576. The van der Waals surface area contributed by atoms with E-state index in [0.29, 0.717) is 12.3 Å². The molecule has 0 aliphatic heterocycles. The molecule has 1 aromatic rings. The number of nitrogens with one attached hydrogen (secondary N) is 1. The number of rotatable bonds is 8. The Hall–Kier alpha value is -1.89. The zero-order valence-electron chi connectivity index (χ0n) is 14.5. The predicted octanol–water partition coefficient (Wildman–Crippen LogP) is 1.04. The molecular formula is C16H27N3O4. The summed E-state index contributed by atoms with van der Waals surface area (Å²) < 4.78 is 1.96. The summed E-state index contributed by atoms with van der Waals surface area (Å²) in [5.74, 6) is -1.16. The Kier molecular flexibility index (Phi) is 6.32. The molecule has 1 unspecified atom stereocenters. The molecular weight excluding hydrogens is 298 g/mol. The van der Waals surface area contributed by atoms with Crippen molar-refractivity contribution in [1.29, 1.82) is 0 Å². The number of carboxylic acid groups (broad SMARTS) is 1. The van der Waals surface area contributed by atoms with Crippen molar-refractivity contribution in [3.05, 3.63) is 17.0 Å². The highest BCUT2D eigenvalue weighted by Gasteiger charge is 2.30. The van der Waals surface area contributed by atoms with Crippen molar-refractivity contribution in [2.75, 3.05) is 6.54 Å². The molecule has 1 heterocycles. The summed E-state index contributed by atoms with van der Waals surface area (Å²) in [6.07, 6.45) is 0.765. The first-order valence-electron chi connectivity index (χ1n) is 7.80. The summed E-state index contributed by atoms with van der Waals surface area (Å²) >= 11 is 0. The van der Waals surface area contributed by atoms with E-state index < -0.39 is 11.6 Å². The van der Waals surface area contributed by atoms with Crippen LogP contribution in [-0.2, 0) is 22.6 Å². The summed E-state index contributed by atoms with van der Waals surface area (Å²) in [5, 5.41) is 25.3. The molecule has 0 bridgehead atoms. The first-order chi connectivity index (χ1) is 10.5. The predicted molar refractivity (Wildman–Crippen MR) is 86.1 cm³/mol. The topological polar surface area (TPSA) is 104 Å². The summed E-state index contributed by atoms with van der Waals surface area (Å²) in [4.78, 5) is 22.6. The van der Waals surface area contributed by atoms with E-state index in [9.17, 15) is 14.7 Å². The van der Waals surface area contributed by atoms with Crippen LogP contribution < -0.4 is 5.32 Å². The van der Waals surface area contributed by atoms with Gasteiger partial charge >= 0.3 is 5.97 Å². The van der Waals surface area contributed by atoms with Gasteiger partial charge < -0.3 is 15.5 Å². The lowest BCUT2D eigenvalue weighted by Gasteiger charge is -2.18. The maximum absolute atomic E-state index is 11.9. The largest absolute Gasteiger partial charge is 0.479 e. The standard InChI is InChI=1S/C16H27N3O4/c1-10(2)8-19-12(4)13(11(3)18-19)6-7-14(20)17-9-16(5,23)15(21)22/h10,23H,6-9H2,1-5H3,(H,17,20)(H,21,22). The van der Waals surface area contributed by atoms with Crippen LogP contribution >= 0.6 is 0 Å².